The molecule has 0 aromatic heterocycles. The van der Waals surface area contributed by atoms with Crippen LogP contribution in [0.5, 0.6) is 0 Å². The van der Waals surface area contributed by atoms with Crippen LogP contribution >= 0.6 is 0 Å². The van der Waals surface area contributed by atoms with Crippen LogP contribution in [-0.2, 0) is 0 Å². The average Bonchev–Trinajstić information content (AvgIpc) is 2.74. The van der Waals surface area contributed by atoms with E-state index in [1.54, 1.807) is 6.92 Å². The maximum atomic E-state index is 12.3. The maximum Gasteiger partial charge on any atom is 0.401 e. The van der Waals surface area contributed by atoms with Gasteiger partial charge in [0.1, 0.15) is 0 Å². The molecule has 1 N–H and O–H groups in total. The molecule has 102 valence electrons. The summed E-state index contributed by atoms with van der Waals surface area (Å²) in [6.07, 6.45) is 0.714. The second-order valence-electron chi connectivity index (χ2n) is 4.92. The maximum absolute atomic E-state index is 12.3. The molecule has 1 rings (SSSR count). The Hall–Kier alpha value is -0.290. The van der Waals surface area contributed by atoms with E-state index in [2.05, 4.69) is 5.32 Å². The van der Waals surface area contributed by atoms with Gasteiger partial charge in [-0.3, -0.25) is 4.90 Å². The van der Waals surface area contributed by atoms with Gasteiger partial charge in [0.15, 0.2) is 0 Å². The summed E-state index contributed by atoms with van der Waals surface area (Å²) < 4.78 is 37.0. The van der Waals surface area contributed by atoms with Gasteiger partial charge in [0.05, 0.1) is 6.54 Å². The quantitative estimate of drug-likeness (QED) is 0.782. The first-order chi connectivity index (χ1) is 7.92. The molecule has 0 amide bonds. The molecule has 1 aliphatic carbocycles. The Balaban J connectivity index is 2.29. The van der Waals surface area contributed by atoms with E-state index in [9.17, 15) is 13.2 Å². The molecule has 0 aromatic carbocycles. The Morgan fingerprint density at radius 2 is 1.88 bits per heavy atom. The van der Waals surface area contributed by atoms with Gasteiger partial charge in [-0.05, 0) is 26.3 Å². The zero-order valence-electron chi connectivity index (χ0n) is 10.7. The average molecular weight is 252 g/mol. The zero-order valence-corrected chi connectivity index (χ0v) is 10.7. The molecule has 1 fully saturated rings. The van der Waals surface area contributed by atoms with E-state index in [-0.39, 0.29) is 6.04 Å². The van der Waals surface area contributed by atoms with Crippen molar-refractivity contribution in [1.82, 2.24) is 10.2 Å². The second kappa shape index (κ2) is 6.59. The van der Waals surface area contributed by atoms with Crippen molar-refractivity contribution in [3.63, 3.8) is 0 Å². The van der Waals surface area contributed by atoms with Crippen LogP contribution < -0.4 is 5.32 Å². The smallest absolute Gasteiger partial charge is 0.312 e. The largest absolute Gasteiger partial charge is 0.401 e. The number of rotatable bonds is 6. The molecule has 5 heteroatoms. The van der Waals surface area contributed by atoms with Crippen molar-refractivity contribution >= 4 is 0 Å². The molecule has 0 heterocycles. The van der Waals surface area contributed by atoms with Gasteiger partial charge >= 0.3 is 6.18 Å². The minimum Gasteiger partial charge on any atom is -0.312 e. The van der Waals surface area contributed by atoms with Crippen LogP contribution in [0.15, 0.2) is 0 Å². The van der Waals surface area contributed by atoms with Crippen LogP contribution in [0.3, 0.4) is 0 Å². The lowest BCUT2D eigenvalue weighted by Gasteiger charge is -2.29. The van der Waals surface area contributed by atoms with E-state index in [0.717, 1.165) is 12.8 Å². The van der Waals surface area contributed by atoms with Gasteiger partial charge in [-0.25, -0.2) is 0 Å². The molecule has 0 radical (unpaired) electrons. The summed E-state index contributed by atoms with van der Waals surface area (Å²) >= 11 is 0. The van der Waals surface area contributed by atoms with Gasteiger partial charge in [-0.15, -0.1) is 0 Å². The Morgan fingerprint density at radius 3 is 2.35 bits per heavy atom. The normalized spacial score (nSPS) is 20.1. The molecular formula is C12H23F3N2. The van der Waals surface area contributed by atoms with E-state index in [1.807, 2.05) is 6.92 Å². The van der Waals surface area contributed by atoms with E-state index < -0.39 is 12.7 Å². The van der Waals surface area contributed by atoms with Crippen LogP contribution in [-0.4, -0.2) is 42.8 Å². The summed E-state index contributed by atoms with van der Waals surface area (Å²) in [6.45, 7) is 3.91. The SMILES string of the molecule is CCN(CC(F)(F)F)C(C)CNC1CCCC1. The number of nitrogens with zero attached hydrogens (tertiary/aromatic N) is 1. The van der Waals surface area contributed by atoms with E-state index in [0.29, 0.717) is 19.1 Å². The van der Waals surface area contributed by atoms with Gasteiger partial charge in [-0.2, -0.15) is 13.2 Å². The van der Waals surface area contributed by atoms with Crippen molar-refractivity contribution in [3.05, 3.63) is 0 Å². The minimum atomic E-state index is -4.10. The van der Waals surface area contributed by atoms with Gasteiger partial charge in [0.2, 0.25) is 0 Å². The summed E-state index contributed by atoms with van der Waals surface area (Å²) in [5.41, 5.74) is 0. The van der Waals surface area contributed by atoms with Gasteiger partial charge in [0.25, 0.3) is 0 Å². The highest BCUT2D eigenvalue weighted by molar-refractivity contribution is 4.78. The molecule has 1 atom stereocenters. The number of alkyl halides is 3. The first-order valence-electron chi connectivity index (χ1n) is 6.46. The van der Waals surface area contributed by atoms with Crippen molar-refractivity contribution in [2.45, 2.75) is 57.8 Å². The molecular weight excluding hydrogens is 229 g/mol. The number of hydrogen-bond donors (Lipinski definition) is 1. The summed E-state index contributed by atoms with van der Waals surface area (Å²) in [4.78, 5) is 1.47. The van der Waals surface area contributed by atoms with E-state index in [4.69, 9.17) is 0 Å². The fourth-order valence-electron chi connectivity index (χ4n) is 2.41. The Morgan fingerprint density at radius 1 is 1.29 bits per heavy atom. The fraction of sp³-hybridized carbons (Fsp3) is 1.00. The van der Waals surface area contributed by atoms with Crippen LogP contribution in [0.25, 0.3) is 0 Å². The van der Waals surface area contributed by atoms with Crippen molar-refractivity contribution < 1.29 is 13.2 Å². The molecule has 0 aromatic rings. The molecule has 0 bridgehead atoms. The molecule has 2 nitrogen and oxygen atoms in total. The summed E-state index contributed by atoms with van der Waals surface area (Å²) in [7, 11) is 0. The molecule has 1 saturated carbocycles. The summed E-state index contributed by atoms with van der Waals surface area (Å²) in [5, 5.41) is 3.37. The first-order valence-corrected chi connectivity index (χ1v) is 6.46. The molecule has 1 aliphatic rings. The Labute approximate surface area is 102 Å². The summed E-state index contributed by atoms with van der Waals surface area (Å²) in [6, 6.07) is 0.448. The molecule has 17 heavy (non-hydrogen) atoms. The lowest BCUT2D eigenvalue weighted by atomic mass is 10.2. The Bertz CT molecular complexity index is 212. The fourth-order valence-corrected chi connectivity index (χ4v) is 2.41. The topological polar surface area (TPSA) is 15.3 Å². The lowest BCUT2D eigenvalue weighted by molar-refractivity contribution is -0.149. The molecule has 1 unspecified atom stereocenters. The molecule has 0 saturated heterocycles. The van der Waals surface area contributed by atoms with Crippen LogP contribution in [0.4, 0.5) is 13.2 Å². The highest BCUT2D eigenvalue weighted by Gasteiger charge is 2.32. The van der Waals surface area contributed by atoms with E-state index in [1.165, 1.54) is 17.7 Å². The van der Waals surface area contributed by atoms with Gasteiger partial charge in [0, 0.05) is 18.6 Å². The highest BCUT2D eigenvalue weighted by Crippen LogP contribution is 2.19. The standard InChI is InChI=1S/C12H23F3N2/c1-3-17(9-12(13,14)15)10(2)8-16-11-6-4-5-7-11/h10-11,16H,3-9H2,1-2H3. The predicted molar refractivity (Wildman–Crippen MR) is 63.0 cm³/mol. The number of hydrogen-bond acceptors (Lipinski definition) is 2. The number of halogens is 3. The van der Waals surface area contributed by atoms with Crippen molar-refractivity contribution in [3.8, 4) is 0 Å². The first kappa shape index (κ1) is 14.8. The molecule has 0 spiro atoms. The third-order valence-corrected chi connectivity index (χ3v) is 3.47. The van der Waals surface area contributed by atoms with Crippen LogP contribution in [0, 0.1) is 0 Å². The summed E-state index contributed by atoms with van der Waals surface area (Å²) in [5.74, 6) is 0. The van der Waals surface area contributed by atoms with Crippen molar-refractivity contribution in [2.75, 3.05) is 19.6 Å². The van der Waals surface area contributed by atoms with E-state index >= 15 is 0 Å². The monoisotopic (exact) mass is 252 g/mol. The van der Waals surface area contributed by atoms with Crippen molar-refractivity contribution in [1.29, 1.82) is 0 Å². The Kier molecular flexibility index (Phi) is 5.73. The second-order valence-corrected chi connectivity index (χ2v) is 4.92. The predicted octanol–water partition coefficient (Wildman–Crippen LogP) is 2.79. The zero-order chi connectivity index (χ0) is 12.9. The van der Waals surface area contributed by atoms with Gasteiger partial charge < -0.3 is 5.32 Å². The van der Waals surface area contributed by atoms with Crippen LogP contribution in [0.2, 0.25) is 0 Å². The molecule has 0 aliphatic heterocycles. The minimum absolute atomic E-state index is 0.0674. The van der Waals surface area contributed by atoms with Crippen LogP contribution in [0.1, 0.15) is 39.5 Å². The van der Waals surface area contributed by atoms with Crippen molar-refractivity contribution in [2.24, 2.45) is 0 Å². The third kappa shape index (κ3) is 5.73. The highest BCUT2D eigenvalue weighted by atomic mass is 19.4. The number of likely N-dealkylation sites (N-methyl/N-ethyl adjacent to an activating group) is 1. The van der Waals surface area contributed by atoms with Gasteiger partial charge in [-0.1, -0.05) is 19.8 Å². The number of nitrogens with one attached hydrogen (secondary N) is 1. The third-order valence-electron chi connectivity index (χ3n) is 3.47. The lowest BCUT2D eigenvalue weighted by Crippen LogP contribution is -2.46.